The summed E-state index contributed by atoms with van der Waals surface area (Å²) in [5, 5.41) is 4.60. The number of urea groups is 1. The van der Waals surface area contributed by atoms with Crippen molar-refractivity contribution in [1.82, 2.24) is 14.9 Å². The Morgan fingerprint density at radius 3 is 2.62 bits per heavy atom. The molecule has 3 amide bonds. The van der Waals surface area contributed by atoms with Crippen LogP contribution in [0.25, 0.3) is 0 Å². The lowest BCUT2D eigenvalue weighted by molar-refractivity contribution is -0.123. The molecule has 9 heteroatoms. The summed E-state index contributed by atoms with van der Waals surface area (Å²) in [5.74, 6) is -0.454. The highest BCUT2D eigenvalue weighted by Crippen LogP contribution is 2.27. The number of nitrogens with one attached hydrogen (secondary N) is 2. The Balaban J connectivity index is 2.20. The topological polar surface area (TPSA) is 95.6 Å². The van der Waals surface area contributed by atoms with Crippen LogP contribution in [0.5, 0.6) is 0 Å². The SMILES string of the molecule is O=C1NC(=O)C2(CCN(S(=O)(=O)CBr)C2)N1. The molecule has 0 saturated carbocycles. The van der Waals surface area contributed by atoms with Crippen LogP contribution in [0.2, 0.25) is 0 Å². The fourth-order valence-electron chi connectivity index (χ4n) is 1.90. The van der Waals surface area contributed by atoms with E-state index in [1.54, 1.807) is 0 Å². The summed E-state index contributed by atoms with van der Waals surface area (Å²) in [6, 6.07) is -0.567. The molecule has 2 N–H and O–H groups in total. The third kappa shape index (κ3) is 1.72. The zero-order valence-corrected chi connectivity index (χ0v) is 10.6. The molecule has 2 heterocycles. The van der Waals surface area contributed by atoms with Gasteiger partial charge in [-0.15, -0.1) is 0 Å². The first-order valence-electron chi connectivity index (χ1n) is 4.57. The Kier molecular flexibility index (Phi) is 2.71. The van der Waals surface area contributed by atoms with Crippen molar-refractivity contribution >= 4 is 37.9 Å². The van der Waals surface area contributed by atoms with Gasteiger partial charge in [-0.3, -0.25) is 10.1 Å². The fourth-order valence-corrected chi connectivity index (χ4v) is 3.69. The standard InChI is InChI=1S/C7H10BrN3O4S/c8-4-16(14,15)11-2-1-7(3-11)5(12)9-6(13)10-7/h1-4H2,(H2,9,10,12,13). The number of carbonyl (C=O) groups is 2. The summed E-state index contributed by atoms with van der Waals surface area (Å²) in [7, 11) is -3.38. The van der Waals surface area contributed by atoms with Gasteiger partial charge < -0.3 is 5.32 Å². The summed E-state index contributed by atoms with van der Waals surface area (Å²) in [5.41, 5.74) is -1.08. The lowest BCUT2D eigenvalue weighted by Gasteiger charge is -2.20. The van der Waals surface area contributed by atoms with E-state index in [0.717, 1.165) is 0 Å². The number of alkyl halides is 1. The van der Waals surface area contributed by atoms with Crippen molar-refractivity contribution < 1.29 is 18.0 Å². The lowest BCUT2D eigenvalue weighted by Crippen LogP contribution is -2.49. The van der Waals surface area contributed by atoms with Gasteiger partial charge in [-0.05, 0) is 6.42 Å². The molecule has 0 aliphatic carbocycles. The maximum Gasteiger partial charge on any atom is 0.322 e. The Labute approximate surface area is 101 Å². The lowest BCUT2D eigenvalue weighted by atomic mass is 10.00. The van der Waals surface area contributed by atoms with E-state index in [1.165, 1.54) is 4.31 Å². The molecular weight excluding hydrogens is 302 g/mol. The van der Waals surface area contributed by atoms with Crippen LogP contribution in [-0.2, 0) is 14.8 Å². The maximum atomic E-state index is 11.6. The van der Waals surface area contributed by atoms with Gasteiger partial charge >= 0.3 is 6.03 Å². The van der Waals surface area contributed by atoms with E-state index in [0.29, 0.717) is 6.42 Å². The van der Waals surface area contributed by atoms with Gasteiger partial charge in [-0.2, -0.15) is 4.31 Å². The number of amides is 3. The highest BCUT2D eigenvalue weighted by atomic mass is 79.9. The van der Waals surface area contributed by atoms with Gasteiger partial charge in [0.15, 0.2) is 0 Å². The molecule has 2 rings (SSSR count). The molecule has 90 valence electrons. The summed E-state index contributed by atoms with van der Waals surface area (Å²) in [4.78, 5) is 22.6. The highest BCUT2D eigenvalue weighted by molar-refractivity contribution is 9.10. The molecule has 0 aromatic rings. The minimum atomic E-state index is -3.38. The Hall–Kier alpha value is -0.670. The van der Waals surface area contributed by atoms with E-state index < -0.39 is 27.5 Å². The smallest absolute Gasteiger partial charge is 0.322 e. The molecule has 2 fully saturated rings. The second kappa shape index (κ2) is 3.67. The van der Waals surface area contributed by atoms with E-state index in [1.807, 2.05) is 0 Å². The molecule has 2 aliphatic rings. The van der Waals surface area contributed by atoms with E-state index in [2.05, 4.69) is 26.6 Å². The van der Waals surface area contributed by atoms with Crippen LogP contribution in [0.1, 0.15) is 6.42 Å². The van der Waals surface area contributed by atoms with Gasteiger partial charge in [0.1, 0.15) is 10.2 Å². The molecule has 0 aromatic carbocycles. The van der Waals surface area contributed by atoms with Crippen LogP contribution in [0.3, 0.4) is 0 Å². The van der Waals surface area contributed by atoms with Gasteiger partial charge in [0, 0.05) is 13.1 Å². The van der Waals surface area contributed by atoms with E-state index in [4.69, 9.17) is 0 Å². The number of halogens is 1. The molecule has 1 spiro atoms. The van der Waals surface area contributed by atoms with Crippen LogP contribution >= 0.6 is 15.9 Å². The third-order valence-corrected chi connectivity index (χ3v) is 5.89. The van der Waals surface area contributed by atoms with Crippen molar-refractivity contribution in [2.45, 2.75) is 12.0 Å². The molecule has 0 radical (unpaired) electrons. The van der Waals surface area contributed by atoms with Crippen LogP contribution in [0.4, 0.5) is 4.79 Å². The zero-order valence-electron chi connectivity index (χ0n) is 8.19. The minimum absolute atomic E-state index is 0.00148. The van der Waals surface area contributed by atoms with Crippen LogP contribution in [0, 0.1) is 0 Å². The number of hydrogen-bond acceptors (Lipinski definition) is 4. The summed E-state index contributed by atoms with van der Waals surface area (Å²) in [6.07, 6.45) is 0.302. The minimum Gasteiger partial charge on any atom is -0.322 e. The third-order valence-electron chi connectivity index (χ3n) is 2.78. The summed E-state index contributed by atoms with van der Waals surface area (Å²) in [6.45, 7) is 0.236. The number of rotatable bonds is 2. The first kappa shape index (κ1) is 11.8. The van der Waals surface area contributed by atoms with Crippen molar-refractivity contribution in [3.05, 3.63) is 0 Å². The first-order chi connectivity index (χ1) is 7.39. The Morgan fingerprint density at radius 2 is 2.12 bits per heavy atom. The van der Waals surface area contributed by atoms with Crippen molar-refractivity contribution in [3.8, 4) is 0 Å². The average Bonchev–Trinajstić information content (AvgIpc) is 2.74. The van der Waals surface area contributed by atoms with Crippen molar-refractivity contribution in [2.75, 3.05) is 17.8 Å². The number of carbonyl (C=O) groups excluding carboxylic acids is 2. The predicted octanol–water partition coefficient (Wildman–Crippen LogP) is -1.05. The molecular formula is C7H10BrN3O4S. The van der Waals surface area contributed by atoms with Crippen molar-refractivity contribution in [2.24, 2.45) is 0 Å². The van der Waals surface area contributed by atoms with Crippen LogP contribution in [-0.4, -0.2) is 48.0 Å². The van der Waals surface area contributed by atoms with Crippen molar-refractivity contribution in [3.63, 3.8) is 0 Å². The first-order valence-corrected chi connectivity index (χ1v) is 7.30. The van der Waals surface area contributed by atoms with Gasteiger partial charge in [-0.25, -0.2) is 13.2 Å². The number of nitrogens with zero attached hydrogens (tertiary/aromatic N) is 1. The van der Waals surface area contributed by atoms with Crippen molar-refractivity contribution in [1.29, 1.82) is 0 Å². The molecule has 0 bridgehead atoms. The molecule has 1 atom stereocenters. The second-order valence-electron chi connectivity index (χ2n) is 3.79. The van der Waals surface area contributed by atoms with Crippen LogP contribution in [0.15, 0.2) is 0 Å². The summed E-state index contributed by atoms with van der Waals surface area (Å²) >= 11 is 2.89. The normalized spacial score (nSPS) is 30.8. The quantitative estimate of drug-likeness (QED) is 0.502. The molecule has 2 aliphatic heterocycles. The Bertz CT molecular complexity index is 451. The number of hydrogen-bond donors (Lipinski definition) is 2. The van der Waals surface area contributed by atoms with Gasteiger partial charge in [0.05, 0.1) is 0 Å². The van der Waals surface area contributed by atoms with E-state index in [9.17, 15) is 18.0 Å². The Morgan fingerprint density at radius 1 is 1.44 bits per heavy atom. The van der Waals surface area contributed by atoms with Gasteiger partial charge in [-0.1, -0.05) is 15.9 Å². The molecule has 2 saturated heterocycles. The highest BCUT2D eigenvalue weighted by Gasteiger charge is 2.52. The average molecular weight is 312 g/mol. The van der Waals surface area contributed by atoms with Gasteiger partial charge in [0.25, 0.3) is 5.91 Å². The monoisotopic (exact) mass is 311 g/mol. The fraction of sp³-hybridized carbons (Fsp3) is 0.714. The van der Waals surface area contributed by atoms with E-state index in [-0.39, 0.29) is 17.8 Å². The number of sulfonamides is 1. The molecule has 16 heavy (non-hydrogen) atoms. The zero-order chi connectivity index (χ0) is 12.0. The predicted molar refractivity (Wildman–Crippen MR) is 58.3 cm³/mol. The molecule has 7 nitrogen and oxygen atoms in total. The second-order valence-corrected chi connectivity index (χ2v) is 7.07. The number of imide groups is 1. The van der Waals surface area contributed by atoms with Gasteiger partial charge in [0.2, 0.25) is 10.0 Å². The molecule has 0 aromatic heterocycles. The van der Waals surface area contributed by atoms with Crippen LogP contribution < -0.4 is 10.6 Å². The van der Waals surface area contributed by atoms with E-state index >= 15 is 0 Å². The largest absolute Gasteiger partial charge is 0.322 e. The molecule has 1 unspecified atom stereocenters. The summed E-state index contributed by atoms with van der Waals surface area (Å²) < 4.78 is 24.1. The maximum absolute atomic E-state index is 11.6.